The van der Waals surface area contributed by atoms with Gasteiger partial charge in [-0.25, -0.2) is 17.2 Å². The zero-order chi connectivity index (χ0) is 15.9. The van der Waals surface area contributed by atoms with Crippen molar-refractivity contribution in [2.24, 2.45) is 0 Å². The maximum Gasteiger partial charge on any atom is 0.153 e. The van der Waals surface area contributed by atoms with Crippen molar-refractivity contribution in [3.05, 3.63) is 35.5 Å². The highest BCUT2D eigenvalue weighted by atomic mass is 32.2. The Morgan fingerprint density at radius 1 is 1.23 bits per heavy atom. The molecule has 1 aliphatic rings. The first kappa shape index (κ1) is 14.7. The largest absolute Gasteiger partial charge is 0.368 e. The van der Waals surface area contributed by atoms with E-state index in [-0.39, 0.29) is 41.1 Å². The number of pyridine rings is 1. The molecule has 114 valence electrons. The number of nitrogens with zero attached hydrogens (tertiary/aromatic N) is 3. The number of fused-ring (bicyclic) bond motifs is 1. The first-order valence-electron chi connectivity index (χ1n) is 6.54. The van der Waals surface area contributed by atoms with Gasteiger partial charge in [-0.15, -0.1) is 0 Å². The summed E-state index contributed by atoms with van der Waals surface area (Å²) < 4.78 is 50.5. The second-order valence-corrected chi connectivity index (χ2v) is 7.36. The van der Waals surface area contributed by atoms with Crippen LogP contribution in [0.25, 0.3) is 10.9 Å². The number of hydrogen-bond acceptors (Lipinski definition) is 5. The van der Waals surface area contributed by atoms with Crippen molar-refractivity contribution in [1.82, 2.24) is 4.98 Å². The zero-order valence-corrected chi connectivity index (χ0v) is 12.2. The summed E-state index contributed by atoms with van der Waals surface area (Å²) >= 11 is 0. The second-order valence-electron chi connectivity index (χ2n) is 5.05. The molecule has 0 unspecified atom stereocenters. The lowest BCUT2D eigenvalue weighted by Crippen LogP contribution is -2.40. The molecule has 1 aliphatic heterocycles. The molecule has 0 spiro atoms. The Hall–Kier alpha value is -2.27. The van der Waals surface area contributed by atoms with Crippen molar-refractivity contribution < 1.29 is 17.2 Å². The predicted molar refractivity (Wildman–Crippen MR) is 77.2 cm³/mol. The molecule has 5 nitrogen and oxygen atoms in total. The van der Waals surface area contributed by atoms with E-state index >= 15 is 0 Å². The van der Waals surface area contributed by atoms with E-state index in [0.717, 1.165) is 12.1 Å². The molecule has 0 bridgehead atoms. The summed E-state index contributed by atoms with van der Waals surface area (Å²) in [7, 11) is -3.10. The molecule has 3 rings (SSSR count). The van der Waals surface area contributed by atoms with Crippen LogP contribution in [0.2, 0.25) is 0 Å². The van der Waals surface area contributed by atoms with Crippen molar-refractivity contribution in [2.45, 2.75) is 0 Å². The van der Waals surface area contributed by atoms with Crippen LogP contribution in [0.5, 0.6) is 0 Å². The van der Waals surface area contributed by atoms with E-state index in [0.29, 0.717) is 5.69 Å². The fourth-order valence-corrected chi connectivity index (χ4v) is 3.77. The minimum Gasteiger partial charge on any atom is -0.368 e. The van der Waals surface area contributed by atoms with E-state index in [4.69, 9.17) is 0 Å². The molecule has 1 saturated heterocycles. The highest BCUT2D eigenvalue weighted by molar-refractivity contribution is 7.91. The van der Waals surface area contributed by atoms with Gasteiger partial charge >= 0.3 is 0 Å². The Kier molecular flexibility index (Phi) is 3.45. The number of rotatable bonds is 1. The third-order valence-electron chi connectivity index (χ3n) is 3.64. The van der Waals surface area contributed by atoms with E-state index in [2.05, 4.69) is 4.98 Å². The molecule has 0 aliphatic carbocycles. The maximum atomic E-state index is 13.9. The molecule has 0 saturated carbocycles. The van der Waals surface area contributed by atoms with Crippen LogP contribution >= 0.6 is 0 Å². The van der Waals surface area contributed by atoms with Gasteiger partial charge in [0.1, 0.15) is 17.4 Å². The summed E-state index contributed by atoms with van der Waals surface area (Å²) in [5, 5.41) is 9.40. The smallest absolute Gasteiger partial charge is 0.153 e. The predicted octanol–water partition coefficient (Wildman–Crippen LogP) is 1.62. The van der Waals surface area contributed by atoms with Crippen molar-refractivity contribution in [1.29, 1.82) is 5.26 Å². The van der Waals surface area contributed by atoms with Crippen molar-refractivity contribution in [2.75, 3.05) is 29.5 Å². The topological polar surface area (TPSA) is 74.1 Å². The molecule has 0 N–H and O–H groups in total. The molecular formula is C14H11F2N3O2S. The van der Waals surface area contributed by atoms with Gasteiger partial charge in [-0.2, -0.15) is 5.26 Å². The van der Waals surface area contributed by atoms with E-state index in [1.54, 1.807) is 4.90 Å². The first-order valence-corrected chi connectivity index (χ1v) is 8.36. The van der Waals surface area contributed by atoms with Gasteiger partial charge in [-0.1, -0.05) is 0 Å². The van der Waals surface area contributed by atoms with Crippen LogP contribution in [0.15, 0.2) is 18.3 Å². The number of anilines is 1. The van der Waals surface area contributed by atoms with Crippen LogP contribution < -0.4 is 4.90 Å². The van der Waals surface area contributed by atoms with Crippen LogP contribution in [0, 0.1) is 23.0 Å². The molecule has 2 aromatic rings. The number of aromatic nitrogens is 1. The summed E-state index contributed by atoms with van der Waals surface area (Å²) in [5.41, 5.74) is 0.460. The molecule has 1 fully saturated rings. The highest BCUT2D eigenvalue weighted by Gasteiger charge is 2.25. The normalized spacial score (nSPS) is 17.4. The molecule has 8 heteroatoms. The molecular weight excluding hydrogens is 312 g/mol. The third-order valence-corrected chi connectivity index (χ3v) is 5.25. The fourth-order valence-electron chi connectivity index (χ4n) is 2.57. The average Bonchev–Trinajstić information content (AvgIpc) is 2.46. The monoisotopic (exact) mass is 323 g/mol. The first-order chi connectivity index (χ1) is 10.4. The molecule has 1 aromatic heterocycles. The Balaban J connectivity index is 2.21. The summed E-state index contributed by atoms with van der Waals surface area (Å²) in [6.45, 7) is 0.350. The zero-order valence-electron chi connectivity index (χ0n) is 11.4. The summed E-state index contributed by atoms with van der Waals surface area (Å²) in [4.78, 5) is 5.54. The summed E-state index contributed by atoms with van der Waals surface area (Å²) in [6.07, 6.45) is 1.22. The lowest BCUT2D eigenvalue weighted by molar-refractivity contribution is 0.585. The minimum atomic E-state index is -3.10. The Morgan fingerprint density at radius 2 is 1.91 bits per heavy atom. The minimum absolute atomic E-state index is 0.0381. The van der Waals surface area contributed by atoms with E-state index < -0.39 is 21.5 Å². The van der Waals surface area contributed by atoms with Crippen LogP contribution in [-0.2, 0) is 9.84 Å². The molecule has 1 aromatic carbocycles. The molecule has 0 atom stereocenters. The average molecular weight is 323 g/mol. The van der Waals surface area contributed by atoms with Crippen LogP contribution in [-0.4, -0.2) is 38.0 Å². The number of hydrogen-bond donors (Lipinski definition) is 0. The Labute approximate surface area is 125 Å². The number of nitriles is 1. The van der Waals surface area contributed by atoms with Gasteiger partial charge < -0.3 is 4.90 Å². The lowest BCUT2D eigenvalue weighted by Gasteiger charge is -2.30. The van der Waals surface area contributed by atoms with Crippen LogP contribution in [0.1, 0.15) is 5.56 Å². The van der Waals surface area contributed by atoms with Gasteiger partial charge in [0.2, 0.25) is 0 Å². The molecule has 0 radical (unpaired) electrons. The summed E-state index contributed by atoms with van der Waals surface area (Å²) in [6, 6.07) is 3.79. The van der Waals surface area contributed by atoms with Crippen LogP contribution in [0.3, 0.4) is 0 Å². The van der Waals surface area contributed by atoms with Gasteiger partial charge in [0.15, 0.2) is 15.7 Å². The summed E-state index contributed by atoms with van der Waals surface area (Å²) in [5.74, 6) is -1.70. The van der Waals surface area contributed by atoms with Crippen molar-refractivity contribution in [3.63, 3.8) is 0 Å². The lowest BCUT2D eigenvalue weighted by atomic mass is 10.1. The van der Waals surface area contributed by atoms with E-state index in [9.17, 15) is 22.5 Å². The van der Waals surface area contributed by atoms with Crippen molar-refractivity contribution >= 4 is 26.4 Å². The van der Waals surface area contributed by atoms with Crippen LogP contribution in [0.4, 0.5) is 14.5 Å². The second kappa shape index (κ2) is 5.18. The third kappa shape index (κ3) is 2.48. The number of benzene rings is 1. The fraction of sp³-hybridized carbons (Fsp3) is 0.286. The van der Waals surface area contributed by atoms with E-state index in [1.807, 2.05) is 6.07 Å². The Bertz CT molecular complexity index is 892. The number of sulfone groups is 1. The SMILES string of the molecule is N#Cc1cnc2c(F)cc(F)cc2c1N1CCS(=O)(=O)CC1. The molecule has 22 heavy (non-hydrogen) atoms. The van der Waals surface area contributed by atoms with E-state index in [1.165, 1.54) is 6.20 Å². The number of halogens is 2. The van der Waals surface area contributed by atoms with Gasteiger partial charge in [0.25, 0.3) is 0 Å². The van der Waals surface area contributed by atoms with Crippen molar-refractivity contribution in [3.8, 4) is 6.07 Å². The quantitative estimate of drug-likeness (QED) is 0.797. The Morgan fingerprint density at radius 3 is 2.55 bits per heavy atom. The highest BCUT2D eigenvalue weighted by Crippen LogP contribution is 2.32. The maximum absolute atomic E-state index is 13.9. The van der Waals surface area contributed by atoms with Gasteiger partial charge in [0, 0.05) is 30.7 Å². The van der Waals surface area contributed by atoms with Gasteiger partial charge in [0.05, 0.1) is 22.8 Å². The van der Waals surface area contributed by atoms with Gasteiger partial charge in [-0.3, -0.25) is 4.98 Å². The molecule has 2 heterocycles. The standard InChI is InChI=1S/C14H11F2N3O2S/c15-10-5-11-13(12(16)6-10)18-8-9(7-17)14(11)19-1-3-22(20,21)4-2-19/h5-6,8H,1-4H2. The van der Waals surface area contributed by atoms with Gasteiger partial charge in [-0.05, 0) is 6.07 Å². The molecule has 0 amide bonds.